The Labute approximate surface area is 90.4 Å². The van der Waals surface area contributed by atoms with Crippen LogP contribution in [0.4, 0.5) is 13.2 Å². The molecule has 0 aromatic heterocycles. The third-order valence-corrected chi connectivity index (χ3v) is 2.08. The molecule has 0 fully saturated rings. The fourth-order valence-corrected chi connectivity index (χ4v) is 1.08. The fourth-order valence-electron chi connectivity index (χ4n) is 1.08. The molecule has 0 bridgehead atoms. The van der Waals surface area contributed by atoms with Gasteiger partial charge in [-0.05, 0) is 24.6 Å². The predicted octanol–water partition coefficient (Wildman–Crippen LogP) is 1.07. The van der Waals surface area contributed by atoms with E-state index >= 15 is 0 Å². The summed E-state index contributed by atoms with van der Waals surface area (Å²) < 4.78 is 38.2. The van der Waals surface area contributed by atoms with Crippen molar-refractivity contribution in [2.75, 3.05) is 0 Å². The van der Waals surface area contributed by atoms with E-state index < -0.39 is 29.4 Å². The van der Waals surface area contributed by atoms with Crippen LogP contribution in [0.1, 0.15) is 12.5 Å². The number of nitrogens with two attached hydrogens (primary N) is 1. The summed E-state index contributed by atoms with van der Waals surface area (Å²) in [4.78, 5) is 10.7. The van der Waals surface area contributed by atoms with E-state index in [2.05, 4.69) is 5.32 Å². The molecule has 6 heteroatoms. The quantitative estimate of drug-likeness (QED) is 0.763. The molecule has 0 aliphatic carbocycles. The first kappa shape index (κ1) is 12.5. The van der Waals surface area contributed by atoms with E-state index in [1.165, 1.54) is 6.92 Å². The molecule has 3 N–H and O–H groups in total. The number of primary amides is 1. The average Bonchev–Trinajstić information content (AvgIpc) is 2.22. The molecule has 0 aliphatic heterocycles. The van der Waals surface area contributed by atoms with Gasteiger partial charge in [-0.3, -0.25) is 4.79 Å². The van der Waals surface area contributed by atoms with Crippen LogP contribution in [0.25, 0.3) is 0 Å². The molecule has 0 saturated heterocycles. The van der Waals surface area contributed by atoms with Crippen molar-refractivity contribution >= 4 is 5.91 Å². The molecule has 1 aromatic rings. The third-order valence-electron chi connectivity index (χ3n) is 2.08. The minimum absolute atomic E-state index is 0.0260. The van der Waals surface area contributed by atoms with Crippen molar-refractivity contribution in [3.63, 3.8) is 0 Å². The highest BCUT2D eigenvalue weighted by Crippen LogP contribution is 2.13. The van der Waals surface area contributed by atoms with Crippen LogP contribution in [0.15, 0.2) is 12.1 Å². The number of carbonyl (C=O) groups excluding carboxylic acids is 1. The summed E-state index contributed by atoms with van der Waals surface area (Å²) in [6, 6.07) is 1.09. The molecule has 1 rings (SSSR count). The lowest BCUT2D eigenvalue weighted by atomic mass is 10.2. The van der Waals surface area contributed by atoms with Crippen LogP contribution in [0.2, 0.25) is 0 Å². The number of nitrogens with one attached hydrogen (secondary N) is 1. The van der Waals surface area contributed by atoms with Crippen molar-refractivity contribution in [1.82, 2.24) is 5.32 Å². The summed E-state index contributed by atoms with van der Waals surface area (Å²) in [5.41, 5.74) is 5.17. The SMILES string of the molecule is C[C@H](NCc1cc(F)c(F)c(F)c1)C(N)=O. The Morgan fingerprint density at radius 2 is 1.88 bits per heavy atom. The smallest absolute Gasteiger partial charge is 0.234 e. The molecule has 0 heterocycles. The molecule has 88 valence electrons. The molecule has 0 unspecified atom stereocenters. The summed E-state index contributed by atoms with van der Waals surface area (Å²) >= 11 is 0. The molecular formula is C10H11F3N2O. The van der Waals surface area contributed by atoms with Gasteiger partial charge in [0.25, 0.3) is 0 Å². The Hall–Kier alpha value is -1.56. The van der Waals surface area contributed by atoms with Gasteiger partial charge in [0.15, 0.2) is 17.5 Å². The van der Waals surface area contributed by atoms with Gasteiger partial charge in [0.05, 0.1) is 6.04 Å². The van der Waals surface area contributed by atoms with Gasteiger partial charge in [0.1, 0.15) is 0 Å². The van der Waals surface area contributed by atoms with Crippen molar-refractivity contribution in [2.45, 2.75) is 19.5 Å². The van der Waals surface area contributed by atoms with Crippen molar-refractivity contribution in [1.29, 1.82) is 0 Å². The highest BCUT2D eigenvalue weighted by Gasteiger charge is 2.12. The zero-order valence-electron chi connectivity index (χ0n) is 8.56. The average molecular weight is 232 g/mol. The number of hydrogen-bond donors (Lipinski definition) is 2. The van der Waals surface area contributed by atoms with Gasteiger partial charge in [0.2, 0.25) is 5.91 Å². The fraction of sp³-hybridized carbons (Fsp3) is 0.300. The van der Waals surface area contributed by atoms with E-state index in [0.717, 1.165) is 12.1 Å². The van der Waals surface area contributed by atoms with Gasteiger partial charge in [-0.2, -0.15) is 0 Å². The molecule has 1 atom stereocenters. The summed E-state index contributed by atoms with van der Waals surface area (Å²) in [5.74, 6) is -4.61. The van der Waals surface area contributed by atoms with E-state index in [-0.39, 0.29) is 12.1 Å². The van der Waals surface area contributed by atoms with Gasteiger partial charge in [0, 0.05) is 6.54 Å². The molecule has 0 radical (unpaired) electrons. The van der Waals surface area contributed by atoms with Crippen LogP contribution in [0.5, 0.6) is 0 Å². The normalized spacial score (nSPS) is 12.5. The lowest BCUT2D eigenvalue weighted by Gasteiger charge is -2.10. The van der Waals surface area contributed by atoms with Crippen LogP contribution < -0.4 is 11.1 Å². The topological polar surface area (TPSA) is 55.1 Å². The second-order valence-electron chi connectivity index (χ2n) is 3.38. The Morgan fingerprint density at radius 3 is 2.31 bits per heavy atom. The Bertz CT molecular complexity index is 386. The highest BCUT2D eigenvalue weighted by atomic mass is 19.2. The highest BCUT2D eigenvalue weighted by molar-refractivity contribution is 5.79. The van der Waals surface area contributed by atoms with Crippen LogP contribution in [-0.4, -0.2) is 11.9 Å². The first-order valence-corrected chi connectivity index (χ1v) is 4.58. The van der Waals surface area contributed by atoms with E-state index in [1.807, 2.05) is 0 Å². The zero-order chi connectivity index (χ0) is 12.3. The van der Waals surface area contributed by atoms with Crippen LogP contribution >= 0.6 is 0 Å². The Morgan fingerprint density at radius 1 is 1.38 bits per heavy atom. The number of amides is 1. The molecule has 0 spiro atoms. The van der Waals surface area contributed by atoms with Crippen LogP contribution in [0.3, 0.4) is 0 Å². The lowest BCUT2D eigenvalue weighted by Crippen LogP contribution is -2.38. The minimum Gasteiger partial charge on any atom is -0.368 e. The maximum atomic E-state index is 12.8. The minimum atomic E-state index is -1.51. The largest absolute Gasteiger partial charge is 0.368 e. The van der Waals surface area contributed by atoms with Gasteiger partial charge in [-0.15, -0.1) is 0 Å². The standard InChI is InChI=1S/C10H11F3N2O/c1-5(10(14)16)15-4-6-2-7(11)9(13)8(12)3-6/h2-3,5,15H,4H2,1H3,(H2,14,16)/t5-/m0/s1. The van der Waals surface area contributed by atoms with Gasteiger partial charge in [-0.1, -0.05) is 0 Å². The van der Waals surface area contributed by atoms with Crippen molar-refractivity contribution in [3.8, 4) is 0 Å². The van der Waals surface area contributed by atoms with E-state index in [0.29, 0.717) is 0 Å². The summed E-state index contributed by atoms with van der Waals surface area (Å²) in [6.07, 6.45) is 0. The number of rotatable bonds is 4. The number of carbonyl (C=O) groups is 1. The predicted molar refractivity (Wildman–Crippen MR) is 51.8 cm³/mol. The van der Waals surface area contributed by atoms with Gasteiger partial charge in [-0.25, -0.2) is 13.2 Å². The van der Waals surface area contributed by atoms with E-state index in [4.69, 9.17) is 5.73 Å². The van der Waals surface area contributed by atoms with Gasteiger partial charge >= 0.3 is 0 Å². The molecule has 1 amide bonds. The number of benzene rings is 1. The first-order chi connectivity index (χ1) is 7.41. The third kappa shape index (κ3) is 2.96. The molecule has 0 saturated carbocycles. The van der Waals surface area contributed by atoms with Crippen LogP contribution in [-0.2, 0) is 11.3 Å². The zero-order valence-corrected chi connectivity index (χ0v) is 8.56. The maximum Gasteiger partial charge on any atom is 0.234 e. The summed E-state index contributed by atoms with van der Waals surface area (Å²) in [7, 11) is 0. The van der Waals surface area contributed by atoms with Crippen molar-refractivity contribution < 1.29 is 18.0 Å². The summed E-state index contributed by atoms with van der Waals surface area (Å²) in [6.45, 7) is 1.54. The Balaban J connectivity index is 2.72. The lowest BCUT2D eigenvalue weighted by molar-refractivity contribution is -0.119. The first-order valence-electron chi connectivity index (χ1n) is 4.58. The van der Waals surface area contributed by atoms with Crippen LogP contribution in [0, 0.1) is 17.5 Å². The number of halogens is 3. The van der Waals surface area contributed by atoms with Gasteiger partial charge < -0.3 is 11.1 Å². The second-order valence-corrected chi connectivity index (χ2v) is 3.38. The maximum absolute atomic E-state index is 12.8. The molecular weight excluding hydrogens is 221 g/mol. The summed E-state index contributed by atoms with van der Waals surface area (Å²) in [5, 5.41) is 2.64. The molecule has 0 aliphatic rings. The second kappa shape index (κ2) is 4.98. The molecule has 3 nitrogen and oxygen atoms in total. The monoisotopic (exact) mass is 232 g/mol. The van der Waals surface area contributed by atoms with Crippen molar-refractivity contribution in [3.05, 3.63) is 35.1 Å². The van der Waals surface area contributed by atoms with E-state index in [9.17, 15) is 18.0 Å². The van der Waals surface area contributed by atoms with E-state index in [1.54, 1.807) is 0 Å². The Kier molecular flexibility index (Phi) is 3.89. The molecule has 16 heavy (non-hydrogen) atoms. The van der Waals surface area contributed by atoms with Crippen molar-refractivity contribution in [2.24, 2.45) is 5.73 Å². The number of hydrogen-bond acceptors (Lipinski definition) is 2. The molecule has 1 aromatic carbocycles.